The summed E-state index contributed by atoms with van der Waals surface area (Å²) in [5, 5.41) is 0. The Balaban J connectivity index is 2.08. The first-order valence-corrected chi connectivity index (χ1v) is 8.49. The van der Waals surface area contributed by atoms with Crippen LogP contribution in [0.5, 0.6) is 5.75 Å². The first-order valence-electron chi connectivity index (χ1n) is 6.90. The Morgan fingerprint density at radius 3 is 2.27 bits per heavy atom. The van der Waals surface area contributed by atoms with Crippen LogP contribution in [0.1, 0.15) is 18.1 Å². The summed E-state index contributed by atoms with van der Waals surface area (Å²) in [5.74, 6) is 0.482. The zero-order chi connectivity index (χ0) is 15.9. The average Bonchev–Trinajstić information content (AvgIpc) is 2.47. The zero-order valence-corrected chi connectivity index (χ0v) is 15.3. The van der Waals surface area contributed by atoms with Crippen molar-refractivity contribution < 1.29 is 14.3 Å². The van der Waals surface area contributed by atoms with Crippen molar-refractivity contribution in [3.05, 3.63) is 62.5 Å². The minimum absolute atomic E-state index is 0.237. The summed E-state index contributed by atoms with van der Waals surface area (Å²) in [7, 11) is 0. The fourth-order valence-electron chi connectivity index (χ4n) is 1.96. The highest BCUT2D eigenvalue weighted by atomic mass is 79.9. The topological polar surface area (TPSA) is 35.5 Å². The summed E-state index contributed by atoms with van der Waals surface area (Å²) in [5.41, 5.74) is 1.96. The molecule has 0 amide bonds. The molecule has 0 N–H and O–H groups in total. The minimum atomic E-state index is -0.237. The SMILES string of the molecule is CCOC(=O)Cc1cc(Br)c(OCc2ccccc2)c(Br)c1. The normalized spacial score (nSPS) is 10.3. The largest absolute Gasteiger partial charge is 0.487 e. The van der Waals surface area contributed by atoms with Gasteiger partial charge >= 0.3 is 5.97 Å². The van der Waals surface area contributed by atoms with E-state index in [2.05, 4.69) is 31.9 Å². The number of hydrogen-bond acceptors (Lipinski definition) is 3. The quantitative estimate of drug-likeness (QED) is 0.615. The molecule has 0 aromatic heterocycles. The van der Waals surface area contributed by atoms with Crippen molar-refractivity contribution in [1.82, 2.24) is 0 Å². The van der Waals surface area contributed by atoms with Crippen molar-refractivity contribution in [1.29, 1.82) is 0 Å². The third-order valence-corrected chi connectivity index (χ3v) is 4.12. The van der Waals surface area contributed by atoms with E-state index in [1.165, 1.54) is 0 Å². The second kappa shape index (κ2) is 8.34. The molecular weight excluding hydrogens is 412 g/mol. The van der Waals surface area contributed by atoms with Crippen LogP contribution in [-0.4, -0.2) is 12.6 Å². The lowest BCUT2D eigenvalue weighted by atomic mass is 10.1. The molecule has 0 aliphatic carbocycles. The maximum absolute atomic E-state index is 11.5. The van der Waals surface area contributed by atoms with Crippen LogP contribution in [0, 0.1) is 0 Å². The predicted molar refractivity (Wildman–Crippen MR) is 93.0 cm³/mol. The molecular formula is C17H16Br2O3. The summed E-state index contributed by atoms with van der Waals surface area (Å²) in [6.45, 7) is 2.67. The van der Waals surface area contributed by atoms with Crippen LogP contribution >= 0.6 is 31.9 Å². The van der Waals surface area contributed by atoms with E-state index in [0.29, 0.717) is 13.2 Å². The van der Waals surface area contributed by atoms with Gasteiger partial charge in [0.2, 0.25) is 0 Å². The van der Waals surface area contributed by atoms with E-state index in [9.17, 15) is 4.79 Å². The lowest BCUT2D eigenvalue weighted by molar-refractivity contribution is -0.142. The summed E-state index contributed by atoms with van der Waals surface area (Å²) >= 11 is 6.99. The zero-order valence-electron chi connectivity index (χ0n) is 12.1. The van der Waals surface area contributed by atoms with Crippen LogP contribution in [0.3, 0.4) is 0 Å². The van der Waals surface area contributed by atoms with E-state index in [1.807, 2.05) is 42.5 Å². The Labute approximate surface area is 146 Å². The summed E-state index contributed by atoms with van der Waals surface area (Å²) < 4.78 is 12.4. The molecule has 2 aromatic carbocycles. The molecule has 0 spiro atoms. The van der Waals surface area contributed by atoms with Crippen molar-refractivity contribution >= 4 is 37.8 Å². The van der Waals surface area contributed by atoms with Crippen LogP contribution in [0.15, 0.2) is 51.4 Å². The number of halogens is 2. The molecule has 22 heavy (non-hydrogen) atoms. The van der Waals surface area contributed by atoms with Gasteiger partial charge in [0.15, 0.2) is 0 Å². The number of rotatable bonds is 6. The van der Waals surface area contributed by atoms with Gasteiger partial charge in [-0.15, -0.1) is 0 Å². The molecule has 0 heterocycles. The van der Waals surface area contributed by atoms with Gasteiger partial charge in [-0.3, -0.25) is 4.79 Å². The van der Waals surface area contributed by atoms with Crippen molar-refractivity contribution in [2.75, 3.05) is 6.61 Å². The number of carbonyl (C=O) groups excluding carboxylic acids is 1. The van der Waals surface area contributed by atoms with Crippen molar-refractivity contribution in [3.8, 4) is 5.75 Å². The van der Waals surface area contributed by atoms with Gasteiger partial charge in [-0.25, -0.2) is 0 Å². The van der Waals surface area contributed by atoms with Crippen molar-refractivity contribution in [3.63, 3.8) is 0 Å². The first kappa shape index (κ1) is 17.0. The molecule has 0 aliphatic heterocycles. The lowest BCUT2D eigenvalue weighted by Crippen LogP contribution is -2.07. The van der Waals surface area contributed by atoms with Gasteiger partial charge in [-0.2, -0.15) is 0 Å². The minimum Gasteiger partial charge on any atom is -0.487 e. The van der Waals surface area contributed by atoms with E-state index in [-0.39, 0.29) is 12.4 Å². The van der Waals surface area contributed by atoms with Crippen LogP contribution in [-0.2, 0) is 22.6 Å². The standard InChI is InChI=1S/C17H16Br2O3/c1-2-21-16(20)10-13-8-14(18)17(15(19)9-13)22-11-12-6-4-3-5-7-12/h3-9H,2,10-11H2,1H3. The molecule has 0 bridgehead atoms. The maximum atomic E-state index is 11.5. The highest BCUT2D eigenvalue weighted by Crippen LogP contribution is 2.35. The molecule has 2 aromatic rings. The van der Waals surface area contributed by atoms with Crippen molar-refractivity contribution in [2.45, 2.75) is 20.0 Å². The summed E-state index contributed by atoms with van der Waals surface area (Å²) in [6, 6.07) is 13.7. The Hall–Kier alpha value is -1.33. The molecule has 0 fully saturated rings. The number of benzene rings is 2. The van der Waals surface area contributed by atoms with E-state index in [0.717, 1.165) is 25.8 Å². The van der Waals surface area contributed by atoms with E-state index in [4.69, 9.17) is 9.47 Å². The highest BCUT2D eigenvalue weighted by Gasteiger charge is 2.12. The monoisotopic (exact) mass is 426 g/mol. The molecule has 0 atom stereocenters. The number of esters is 1. The Morgan fingerprint density at radius 1 is 1.05 bits per heavy atom. The molecule has 0 saturated carbocycles. The molecule has 5 heteroatoms. The highest BCUT2D eigenvalue weighted by molar-refractivity contribution is 9.11. The Morgan fingerprint density at radius 2 is 1.68 bits per heavy atom. The molecule has 0 aliphatic rings. The molecule has 0 saturated heterocycles. The van der Waals surface area contributed by atoms with Gasteiger partial charge in [0.25, 0.3) is 0 Å². The van der Waals surface area contributed by atoms with Crippen LogP contribution in [0.4, 0.5) is 0 Å². The molecule has 116 valence electrons. The van der Waals surface area contributed by atoms with Gasteiger partial charge in [0.05, 0.1) is 22.0 Å². The summed E-state index contributed by atoms with van der Waals surface area (Å²) in [6.07, 6.45) is 0.240. The average molecular weight is 428 g/mol. The first-order chi connectivity index (χ1) is 10.6. The van der Waals surface area contributed by atoms with E-state index >= 15 is 0 Å². The number of ether oxygens (including phenoxy) is 2. The van der Waals surface area contributed by atoms with Gasteiger partial charge in [-0.05, 0) is 62.0 Å². The van der Waals surface area contributed by atoms with Gasteiger partial charge in [0, 0.05) is 0 Å². The Kier molecular flexibility index (Phi) is 6.46. The number of carbonyl (C=O) groups is 1. The molecule has 0 radical (unpaired) electrons. The predicted octanol–water partition coefficient (Wildman–Crippen LogP) is 4.90. The van der Waals surface area contributed by atoms with Gasteiger partial charge < -0.3 is 9.47 Å². The molecule has 2 rings (SSSR count). The van der Waals surface area contributed by atoms with Crippen LogP contribution in [0.25, 0.3) is 0 Å². The third-order valence-electron chi connectivity index (χ3n) is 2.94. The fraction of sp³-hybridized carbons (Fsp3) is 0.235. The summed E-state index contributed by atoms with van der Waals surface area (Å²) in [4.78, 5) is 11.5. The van der Waals surface area contributed by atoms with Crippen LogP contribution < -0.4 is 4.74 Å². The smallest absolute Gasteiger partial charge is 0.310 e. The second-order valence-electron chi connectivity index (χ2n) is 4.64. The maximum Gasteiger partial charge on any atom is 0.310 e. The fourth-order valence-corrected chi connectivity index (χ4v) is 3.47. The van der Waals surface area contributed by atoms with E-state index in [1.54, 1.807) is 6.92 Å². The van der Waals surface area contributed by atoms with Crippen molar-refractivity contribution in [2.24, 2.45) is 0 Å². The lowest BCUT2D eigenvalue weighted by Gasteiger charge is -2.12. The Bertz CT molecular complexity index is 619. The molecule has 3 nitrogen and oxygen atoms in total. The van der Waals surface area contributed by atoms with Gasteiger partial charge in [-0.1, -0.05) is 30.3 Å². The van der Waals surface area contributed by atoms with Crippen LogP contribution in [0.2, 0.25) is 0 Å². The van der Waals surface area contributed by atoms with Gasteiger partial charge in [0.1, 0.15) is 12.4 Å². The van der Waals surface area contributed by atoms with E-state index < -0.39 is 0 Å². The second-order valence-corrected chi connectivity index (χ2v) is 6.35. The number of hydrogen-bond donors (Lipinski definition) is 0. The molecule has 0 unspecified atom stereocenters. The third kappa shape index (κ3) is 4.85.